The maximum atomic E-state index is 13.2. The molecule has 2 aromatic rings. The summed E-state index contributed by atoms with van der Waals surface area (Å²) in [4.78, 5) is 52.4. The number of anilines is 2. The Morgan fingerprint density at radius 1 is 1.15 bits per heavy atom. The van der Waals surface area contributed by atoms with Crippen LogP contribution < -0.4 is 26.8 Å². The number of likely N-dealkylation sites (N-methyl/N-ethyl adjacent to an activating group) is 1. The van der Waals surface area contributed by atoms with Gasteiger partial charge in [-0.3, -0.25) is 24.7 Å². The molecule has 1 fully saturated rings. The highest BCUT2D eigenvalue weighted by Gasteiger charge is 2.40. The highest BCUT2D eigenvalue weighted by atomic mass is 35.5. The summed E-state index contributed by atoms with van der Waals surface area (Å²) in [6, 6.07) is 5.67. The molecule has 1 aromatic carbocycles. The van der Waals surface area contributed by atoms with E-state index in [1.54, 1.807) is 11.0 Å². The van der Waals surface area contributed by atoms with Crippen molar-refractivity contribution in [3.63, 3.8) is 0 Å². The number of aliphatic imine (C=N–C) groups is 1. The lowest BCUT2D eigenvalue weighted by Crippen LogP contribution is -2.57. The molecule has 2 aliphatic heterocycles. The Morgan fingerprint density at radius 2 is 1.85 bits per heavy atom. The van der Waals surface area contributed by atoms with Crippen molar-refractivity contribution in [3.05, 3.63) is 40.7 Å². The number of benzene rings is 1. The summed E-state index contributed by atoms with van der Waals surface area (Å²) in [5.41, 5.74) is 10.8. The molecule has 0 radical (unpaired) electrons. The number of guanidine groups is 1. The number of carbonyl (C=O) groups excluding carboxylic acids is 3. The van der Waals surface area contributed by atoms with Crippen molar-refractivity contribution in [1.29, 1.82) is 0 Å². The summed E-state index contributed by atoms with van der Waals surface area (Å²) in [6.07, 6.45) is 1.06. The van der Waals surface area contributed by atoms with Gasteiger partial charge in [0.15, 0.2) is 28.4 Å². The number of nitrogens with two attached hydrogens (primary N) is 2. The third kappa shape index (κ3) is 6.24. The minimum absolute atomic E-state index is 0.0891. The molecule has 0 saturated carbocycles. The zero-order valence-corrected chi connectivity index (χ0v) is 23.3. The van der Waals surface area contributed by atoms with Gasteiger partial charge in [0.2, 0.25) is 15.9 Å². The van der Waals surface area contributed by atoms with Crippen LogP contribution in [0.25, 0.3) is 0 Å². The number of aromatic nitrogens is 2. The smallest absolute Gasteiger partial charge is 0.280 e. The number of carbonyl (C=O) groups is 3. The minimum atomic E-state index is -4.00. The highest BCUT2D eigenvalue weighted by molar-refractivity contribution is 7.89. The van der Waals surface area contributed by atoms with E-state index < -0.39 is 33.9 Å². The number of nitrogen functional groups attached to an aromatic ring is 2. The van der Waals surface area contributed by atoms with Gasteiger partial charge in [0.05, 0.1) is 23.5 Å². The lowest BCUT2D eigenvalue weighted by molar-refractivity contribution is -0.127. The van der Waals surface area contributed by atoms with Gasteiger partial charge >= 0.3 is 0 Å². The summed E-state index contributed by atoms with van der Waals surface area (Å²) < 4.78 is 27.5. The maximum Gasteiger partial charge on any atom is 0.280 e. The molecule has 3 amide bonds. The molecule has 0 bridgehead atoms. The highest BCUT2D eigenvalue weighted by Crippen LogP contribution is 2.27. The molecule has 3 heterocycles. The Morgan fingerprint density at radius 3 is 2.52 bits per heavy atom. The van der Waals surface area contributed by atoms with Crippen LogP contribution in [0, 0.1) is 0 Å². The number of sulfonamides is 1. The fraction of sp³-hybridized carbons (Fsp3) is 0.391. The van der Waals surface area contributed by atoms with Crippen LogP contribution in [0.15, 0.2) is 34.2 Å². The van der Waals surface area contributed by atoms with Gasteiger partial charge in [-0.05, 0) is 31.0 Å². The molecule has 1 aromatic heterocycles. The second kappa shape index (κ2) is 11.2. The average molecular weight is 593 g/mol. The van der Waals surface area contributed by atoms with E-state index in [9.17, 15) is 22.8 Å². The van der Waals surface area contributed by atoms with E-state index in [0.717, 1.165) is 0 Å². The van der Waals surface area contributed by atoms with Gasteiger partial charge in [-0.25, -0.2) is 23.1 Å². The first kappa shape index (κ1) is 29.0. The van der Waals surface area contributed by atoms with Crippen LogP contribution in [0.1, 0.15) is 33.7 Å². The van der Waals surface area contributed by atoms with E-state index >= 15 is 0 Å². The van der Waals surface area contributed by atoms with Crippen LogP contribution in [0.2, 0.25) is 5.15 Å². The normalized spacial score (nSPS) is 16.3. The molecule has 1 saturated heterocycles. The number of nitrogens with zero attached hydrogens (tertiary/aromatic N) is 5. The van der Waals surface area contributed by atoms with Crippen molar-refractivity contribution >= 4 is 56.9 Å². The average Bonchev–Trinajstić information content (AvgIpc) is 3.30. The van der Waals surface area contributed by atoms with Gasteiger partial charge in [0, 0.05) is 32.7 Å². The monoisotopic (exact) mass is 592 g/mol. The Kier molecular flexibility index (Phi) is 8.13. The molecule has 0 unspecified atom stereocenters. The summed E-state index contributed by atoms with van der Waals surface area (Å²) in [6.45, 7) is 0.732. The summed E-state index contributed by atoms with van der Waals surface area (Å²) in [7, 11) is -0.955. The molecule has 15 nitrogen and oxygen atoms in total. The number of amides is 3. The van der Waals surface area contributed by atoms with Gasteiger partial charge in [-0.1, -0.05) is 17.7 Å². The SMILES string of the molecule is CN(C)C(=O)CNS(=O)(=O)c1cccc(C(=O)N2CCC3(CC2)CN=C(NC(=O)c2nc(Cl)c(N)nc2N)N3)c1. The molecule has 214 valence electrons. The van der Waals surface area contributed by atoms with E-state index in [4.69, 9.17) is 23.1 Å². The topological polar surface area (TPSA) is 218 Å². The Labute approximate surface area is 235 Å². The van der Waals surface area contributed by atoms with Crippen LogP contribution in [-0.4, -0.2) is 97.7 Å². The summed E-state index contributed by atoms with van der Waals surface area (Å²) >= 11 is 5.85. The number of hydrogen-bond donors (Lipinski definition) is 5. The Hall–Kier alpha value is -4.02. The lowest BCUT2D eigenvalue weighted by atomic mass is 9.88. The van der Waals surface area contributed by atoms with Gasteiger partial charge < -0.3 is 26.6 Å². The van der Waals surface area contributed by atoms with Crippen LogP contribution in [-0.2, 0) is 14.8 Å². The second-order valence-corrected chi connectivity index (χ2v) is 11.7. The maximum absolute atomic E-state index is 13.2. The first-order valence-corrected chi connectivity index (χ1v) is 14.0. The van der Waals surface area contributed by atoms with E-state index in [-0.39, 0.29) is 44.8 Å². The summed E-state index contributed by atoms with van der Waals surface area (Å²) in [5, 5.41) is 5.69. The number of nitrogens with one attached hydrogen (secondary N) is 3. The van der Waals surface area contributed by atoms with Crippen molar-refractivity contribution in [3.8, 4) is 0 Å². The third-order valence-corrected chi connectivity index (χ3v) is 8.26. The molecule has 40 heavy (non-hydrogen) atoms. The van der Waals surface area contributed by atoms with E-state index in [0.29, 0.717) is 32.5 Å². The van der Waals surface area contributed by atoms with Crippen molar-refractivity contribution in [2.45, 2.75) is 23.3 Å². The molecule has 17 heteroatoms. The third-order valence-electron chi connectivity index (χ3n) is 6.59. The number of rotatable bonds is 6. The molecule has 2 aliphatic rings. The van der Waals surface area contributed by atoms with E-state index in [1.807, 2.05) is 0 Å². The molecular formula is C23H29ClN10O5S. The second-order valence-electron chi connectivity index (χ2n) is 9.59. The van der Waals surface area contributed by atoms with Crippen molar-refractivity contribution in [2.75, 3.05) is 51.7 Å². The molecule has 7 N–H and O–H groups in total. The first-order chi connectivity index (χ1) is 18.8. The molecule has 4 rings (SSSR count). The van der Waals surface area contributed by atoms with Crippen molar-refractivity contribution in [1.82, 2.24) is 35.1 Å². The van der Waals surface area contributed by atoms with Gasteiger partial charge in [-0.2, -0.15) is 0 Å². The molecular weight excluding hydrogens is 564 g/mol. The van der Waals surface area contributed by atoms with Crippen molar-refractivity contribution < 1.29 is 22.8 Å². The Balaban J connectivity index is 1.34. The van der Waals surface area contributed by atoms with Crippen molar-refractivity contribution in [2.24, 2.45) is 4.99 Å². The molecule has 0 atom stereocenters. The van der Waals surface area contributed by atoms with Gasteiger partial charge in [0.25, 0.3) is 11.8 Å². The predicted octanol–water partition coefficient (Wildman–Crippen LogP) is -0.975. The number of halogens is 1. The quantitative estimate of drug-likeness (QED) is 0.276. The standard InChI is InChI=1S/C23H29ClN10O5S/c1-33(2)15(35)11-28-40(38,39)14-5-3-4-13(10-14)21(37)34-8-6-23(7-9-34)12-27-22(32-23)31-20(36)16-18(25)30-19(26)17(24)29-16/h3-5,10,28H,6-9,11-12H2,1-2H3,(H4,25,26,30)(H2,27,31,32,36). The van der Waals surface area contributed by atoms with Gasteiger partial charge in [0.1, 0.15) is 0 Å². The first-order valence-electron chi connectivity index (χ1n) is 12.1. The van der Waals surface area contributed by atoms with Crippen LogP contribution in [0.3, 0.4) is 0 Å². The van der Waals surface area contributed by atoms with E-state index in [1.165, 1.54) is 37.2 Å². The number of hydrogen-bond acceptors (Lipinski definition) is 11. The number of likely N-dealkylation sites (tertiary alicyclic amines) is 1. The fourth-order valence-corrected chi connectivity index (χ4v) is 5.35. The predicted molar refractivity (Wildman–Crippen MR) is 147 cm³/mol. The Bertz CT molecular complexity index is 1490. The minimum Gasteiger partial charge on any atom is -0.382 e. The lowest BCUT2D eigenvalue weighted by Gasteiger charge is -2.39. The zero-order valence-electron chi connectivity index (χ0n) is 21.8. The summed E-state index contributed by atoms with van der Waals surface area (Å²) in [5.74, 6) is -1.41. The fourth-order valence-electron chi connectivity index (χ4n) is 4.20. The molecule has 0 aliphatic carbocycles. The number of piperidine rings is 1. The molecule has 1 spiro atoms. The van der Waals surface area contributed by atoms with Gasteiger partial charge in [-0.15, -0.1) is 0 Å². The van der Waals surface area contributed by atoms with Crippen LogP contribution >= 0.6 is 11.6 Å². The van der Waals surface area contributed by atoms with Crippen LogP contribution in [0.5, 0.6) is 0 Å². The van der Waals surface area contributed by atoms with E-state index in [2.05, 4.69) is 30.3 Å². The largest absolute Gasteiger partial charge is 0.382 e. The zero-order chi connectivity index (χ0) is 29.2. The van der Waals surface area contributed by atoms with Crippen LogP contribution in [0.4, 0.5) is 11.6 Å².